The van der Waals surface area contributed by atoms with Crippen LogP contribution in [0.1, 0.15) is 18.4 Å². The first-order chi connectivity index (χ1) is 10.3. The van der Waals surface area contributed by atoms with Crippen molar-refractivity contribution >= 4 is 11.8 Å². The Hall–Kier alpha value is -2.12. The van der Waals surface area contributed by atoms with Crippen LogP contribution in [0.2, 0.25) is 0 Å². The second-order valence-corrected chi connectivity index (χ2v) is 4.55. The van der Waals surface area contributed by atoms with E-state index in [9.17, 15) is 27.2 Å². The molecule has 0 saturated carbocycles. The van der Waals surface area contributed by atoms with Crippen LogP contribution in [0.4, 0.5) is 17.6 Å². The number of alkyl halides is 3. The molecular formula is C14H16F4N2O2. The summed E-state index contributed by atoms with van der Waals surface area (Å²) in [5.41, 5.74) is 0.426. The van der Waals surface area contributed by atoms with Gasteiger partial charge in [-0.15, -0.1) is 0 Å². The molecule has 0 saturated heterocycles. The summed E-state index contributed by atoms with van der Waals surface area (Å²) in [4.78, 5) is 22.0. The smallest absolute Gasteiger partial charge is 0.356 e. The van der Waals surface area contributed by atoms with Crippen LogP contribution in [0.5, 0.6) is 0 Å². The number of rotatable bonds is 7. The molecule has 2 amide bonds. The summed E-state index contributed by atoms with van der Waals surface area (Å²) in [5.74, 6) is -2.71. The van der Waals surface area contributed by atoms with Crippen LogP contribution in [-0.2, 0) is 16.0 Å². The van der Waals surface area contributed by atoms with E-state index in [0.29, 0.717) is 5.56 Å². The molecule has 1 aromatic rings. The fourth-order valence-electron chi connectivity index (χ4n) is 1.66. The fraction of sp³-hybridized carbons (Fsp3) is 0.429. The number of hydrogen-bond donors (Lipinski definition) is 2. The highest BCUT2D eigenvalue weighted by atomic mass is 19.4. The van der Waals surface area contributed by atoms with Gasteiger partial charge in [0.05, 0.1) is 0 Å². The van der Waals surface area contributed by atoms with E-state index < -0.39 is 12.1 Å². The Labute approximate surface area is 124 Å². The molecule has 0 aliphatic rings. The third-order valence-electron chi connectivity index (χ3n) is 2.80. The van der Waals surface area contributed by atoms with Crippen molar-refractivity contribution < 1.29 is 27.2 Å². The van der Waals surface area contributed by atoms with Crippen molar-refractivity contribution in [2.24, 2.45) is 0 Å². The van der Waals surface area contributed by atoms with Crippen molar-refractivity contribution in [2.75, 3.05) is 13.1 Å². The number of amides is 2. The van der Waals surface area contributed by atoms with Gasteiger partial charge in [0.25, 0.3) is 0 Å². The van der Waals surface area contributed by atoms with E-state index in [1.54, 1.807) is 23.5 Å². The fourth-order valence-corrected chi connectivity index (χ4v) is 1.66. The van der Waals surface area contributed by atoms with Gasteiger partial charge in [-0.05, 0) is 24.5 Å². The number of halogens is 4. The average Bonchev–Trinajstić information content (AvgIpc) is 2.44. The Morgan fingerprint density at radius 3 is 2.32 bits per heavy atom. The van der Waals surface area contributed by atoms with Gasteiger partial charge in [-0.1, -0.05) is 18.2 Å². The van der Waals surface area contributed by atoms with Crippen LogP contribution in [0, 0.1) is 5.82 Å². The predicted molar refractivity (Wildman–Crippen MR) is 71.4 cm³/mol. The van der Waals surface area contributed by atoms with Gasteiger partial charge < -0.3 is 10.6 Å². The SMILES string of the molecule is O=C(CCc1ccccc1F)NCCCNC(=O)C(F)(F)F. The van der Waals surface area contributed by atoms with Gasteiger partial charge in [-0.25, -0.2) is 4.39 Å². The molecule has 122 valence electrons. The number of nitrogens with one attached hydrogen (secondary N) is 2. The summed E-state index contributed by atoms with van der Waals surface area (Å²) >= 11 is 0. The van der Waals surface area contributed by atoms with Crippen molar-refractivity contribution in [3.05, 3.63) is 35.6 Å². The van der Waals surface area contributed by atoms with E-state index in [1.165, 1.54) is 6.07 Å². The van der Waals surface area contributed by atoms with Gasteiger partial charge in [-0.3, -0.25) is 9.59 Å². The molecule has 0 bridgehead atoms. The molecule has 0 spiro atoms. The first kappa shape index (κ1) is 17.9. The van der Waals surface area contributed by atoms with Gasteiger partial charge >= 0.3 is 12.1 Å². The topological polar surface area (TPSA) is 58.2 Å². The zero-order valence-electron chi connectivity index (χ0n) is 11.7. The van der Waals surface area contributed by atoms with E-state index in [0.717, 1.165) is 0 Å². The molecule has 8 heteroatoms. The molecule has 0 aliphatic heterocycles. The second-order valence-electron chi connectivity index (χ2n) is 4.55. The minimum absolute atomic E-state index is 0.0792. The lowest BCUT2D eigenvalue weighted by molar-refractivity contribution is -0.173. The molecule has 4 nitrogen and oxygen atoms in total. The highest BCUT2D eigenvalue weighted by Gasteiger charge is 2.38. The monoisotopic (exact) mass is 320 g/mol. The van der Waals surface area contributed by atoms with Crippen LogP contribution in [0.3, 0.4) is 0 Å². The van der Waals surface area contributed by atoms with Gasteiger partial charge in [0.1, 0.15) is 5.82 Å². The first-order valence-corrected chi connectivity index (χ1v) is 6.66. The minimum Gasteiger partial charge on any atom is -0.356 e. The number of carbonyl (C=O) groups excluding carboxylic acids is 2. The Bertz CT molecular complexity index is 518. The van der Waals surface area contributed by atoms with Gasteiger partial charge in [0, 0.05) is 19.5 Å². The molecule has 0 unspecified atom stereocenters. The van der Waals surface area contributed by atoms with E-state index in [1.807, 2.05) is 0 Å². The zero-order chi connectivity index (χ0) is 16.6. The Balaban J connectivity index is 2.14. The van der Waals surface area contributed by atoms with Crippen LogP contribution in [-0.4, -0.2) is 31.1 Å². The summed E-state index contributed by atoms with van der Waals surface area (Å²) in [6.07, 6.45) is -4.41. The van der Waals surface area contributed by atoms with Crippen molar-refractivity contribution in [2.45, 2.75) is 25.4 Å². The molecule has 1 rings (SSSR count). The summed E-state index contributed by atoms with van der Waals surface area (Å²) in [7, 11) is 0. The number of carbonyl (C=O) groups is 2. The summed E-state index contributed by atoms with van der Waals surface area (Å²) in [5, 5.41) is 4.19. The van der Waals surface area contributed by atoms with E-state index in [2.05, 4.69) is 5.32 Å². The normalized spacial score (nSPS) is 11.1. The molecule has 0 aromatic heterocycles. The highest BCUT2D eigenvalue weighted by Crippen LogP contribution is 2.13. The van der Waals surface area contributed by atoms with Crippen LogP contribution >= 0.6 is 0 Å². The molecule has 0 radical (unpaired) electrons. The third kappa shape index (κ3) is 6.55. The quantitative estimate of drug-likeness (QED) is 0.596. The lowest BCUT2D eigenvalue weighted by Gasteiger charge is -2.08. The van der Waals surface area contributed by atoms with Crippen molar-refractivity contribution in [3.63, 3.8) is 0 Å². The number of aryl methyl sites for hydroxylation is 1. The molecule has 0 heterocycles. The van der Waals surface area contributed by atoms with E-state index in [4.69, 9.17) is 0 Å². The maximum absolute atomic E-state index is 13.3. The van der Waals surface area contributed by atoms with Crippen LogP contribution < -0.4 is 10.6 Å². The summed E-state index contributed by atoms with van der Waals surface area (Å²) in [6, 6.07) is 6.10. The van der Waals surface area contributed by atoms with Crippen molar-refractivity contribution in [1.29, 1.82) is 0 Å². The molecule has 0 fully saturated rings. The van der Waals surface area contributed by atoms with Gasteiger partial charge in [0.15, 0.2) is 0 Å². The third-order valence-corrected chi connectivity index (χ3v) is 2.80. The number of benzene rings is 1. The van der Waals surface area contributed by atoms with Gasteiger partial charge in [0.2, 0.25) is 5.91 Å². The van der Waals surface area contributed by atoms with Crippen molar-refractivity contribution in [3.8, 4) is 0 Å². The lowest BCUT2D eigenvalue weighted by Crippen LogP contribution is -2.38. The molecule has 0 atom stereocenters. The van der Waals surface area contributed by atoms with Crippen LogP contribution in [0.15, 0.2) is 24.3 Å². The first-order valence-electron chi connectivity index (χ1n) is 6.66. The maximum atomic E-state index is 13.3. The predicted octanol–water partition coefficient (Wildman–Crippen LogP) is 1.94. The summed E-state index contributed by atoms with van der Waals surface area (Å²) in [6.45, 7) is -0.0554. The number of hydrogen-bond acceptors (Lipinski definition) is 2. The molecule has 0 aliphatic carbocycles. The zero-order valence-corrected chi connectivity index (χ0v) is 11.7. The maximum Gasteiger partial charge on any atom is 0.471 e. The molecular weight excluding hydrogens is 304 g/mol. The lowest BCUT2D eigenvalue weighted by atomic mass is 10.1. The van der Waals surface area contributed by atoms with Crippen LogP contribution in [0.25, 0.3) is 0 Å². The standard InChI is InChI=1S/C14H16F4N2O2/c15-11-5-2-1-4-10(11)6-7-12(21)19-8-3-9-20-13(22)14(16,17)18/h1-2,4-5H,3,6-9H2,(H,19,21)(H,20,22). The largest absolute Gasteiger partial charge is 0.471 e. The molecule has 1 aromatic carbocycles. The summed E-state index contributed by atoms with van der Waals surface area (Å²) < 4.78 is 48.9. The van der Waals surface area contributed by atoms with Crippen molar-refractivity contribution in [1.82, 2.24) is 10.6 Å². The Kier molecular flexibility index (Phi) is 6.81. The van der Waals surface area contributed by atoms with E-state index in [-0.39, 0.29) is 44.1 Å². The Morgan fingerprint density at radius 2 is 1.68 bits per heavy atom. The second kappa shape index (κ2) is 8.35. The minimum atomic E-state index is -4.90. The molecule has 22 heavy (non-hydrogen) atoms. The highest BCUT2D eigenvalue weighted by molar-refractivity contribution is 5.81. The Morgan fingerprint density at radius 1 is 1.05 bits per heavy atom. The average molecular weight is 320 g/mol. The van der Waals surface area contributed by atoms with E-state index >= 15 is 0 Å². The molecule has 2 N–H and O–H groups in total. The van der Waals surface area contributed by atoms with Gasteiger partial charge in [-0.2, -0.15) is 13.2 Å².